The van der Waals surface area contributed by atoms with Gasteiger partial charge >= 0.3 is 0 Å². The standard InChI is InChI=1S/C47H33N3O/c1-30-27-31(2)48-43(28-30)50-45(33-17-7-4-8-18-33)44(32-15-5-3-6-16-32)49-46(50)34-25-26-42-40(29-34)47(39-23-13-14-24-41(39)51-42)37-21-11-9-19-35(37)36-20-10-12-22-38(36)47/h3-29H,1-2H3. The zero-order chi connectivity index (χ0) is 34.1. The fourth-order valence-corrected chi connectivity index (χ4v) is 8.43. The highest BCUT2D eigenvalue weighted by atomic mass is 16.5. The smallest absolute Gasteiger partial charge is 0.146 e. The normalized spacial score (nSPS) is 13.2. The Morgan fingerprint density at radius 1 is 0.490 bits per heavy atom. The molecule has 0 unspecified atom stereocenters. The van der Waals surface area contributed by atoms with Gasteiger partial charge in [0.15, 0.2) is 0 Å². The number of benzene rings is 6. The first kappa shape index (κ1) is 29.4. The molecule has 4 nitrogen and oxygen atoms in total. The quantitative estimate of drug-likeness (QED) is 0.189. The maximum atomic E-state index is 6.76. The lowest BCUT2D eigenvalue weighted by atomic mass is 9.66. The highest BCUT2D eigenvalue weighted by Crippen LogP contribution is 2.62. The summed E-state index contributed by atoms with van der Waals surface area (Å²) < 4.78 is 9.01. The average Bonchev–Trinajstić information content (AvgIpc) is 3.71. The van der Waals surface area contributed by atoms with Gasteiger partial charge in [-0.25, -0.2) is 9.97 Å². The summed E-state index contributed by atoms with van der Waals surface area (Å²) in [7, 11) is 0. The molecule has 0 amide bonds. The summed E-state index contributed by atoms with van der Waals surface area (Å²) in [6, 6.07) is 58.1. The van der Waals surface area contributed by atoms with Crippen molar-refractivity contribution < 1.29 is 4.74 Å². The zero-order valence-corrected chi connectivity index (χ0v) is 28.3. The van der Waals surface area contributed by atoms with Crippen molar-refractivity contribution in [2.24, 2.45) is 0 Å². The minimum absolute atomic E-state index is 0.576. The molecule has 2 aromatic heterocycles. The van der Waals surface area contributed by atoms with Crippen molar-refractivity contribution >= 4 is 0 Å². The Kier molecular flexibility index (Phi) is 6.49. The number of hydrogen-bond acceptors (Lipinski definition) is 3. The molecule has 6 aromatic carbocycles. The third-order valence-corrected chi connectivity index (χ3v) is 10.4. The van der Waals surface area contributed by atoms with Gasteiger partial charge in [0.25, 0.3) is 0 Å². The van der Waals surface area contributed by atoms with Crippen LogP contribution in [0.1, 0.15) is 33.5 Å². The molecule has 0 radical (unpaired) electrons. The lowest BCUT2D eigenvalue weighted by molar-refractivity contribution is 0.436. The molecule has 10 rings (SSSR count). The van der Waals surface area contributed by atoms with Crippen LogP contribution in [0, 0.1) is 13.8 Å². The second-order valence-corrected chi connectivity index (χ2v) is 13.5. The van der Waals surface area contributed by atoms with Gasteiger partial charge in [-0.3, -0.25) is 4.57 Å². The number of aromatic nitrogens is 3. The number of fused-ring (bicyclic) bond motifs is 9. The van der Waals surface area contributed by atoms with Gasteiger partial charge < -0.3 is 4.74 Å². The van der Waals surface area contributed by atoms with Crippen LogP contribution in [-0.2, 0) is 5.41 Å². The van der Waals surface area contributed by atoms with Crippen LogP contribution in [0.2, 0.25) is 0 Å². The first-order valence-electron chi connectivity index (χ1n) is 17.4. The lowest BCUT2D eigenvalue weighted by Crippen LogP contribution is -2.32. The van der Waals surface area contributed by atoms with E-state index in [0.29, 0.717) is 0 Å². The maximum absolute atomic E-state index is 6.76. The van der Waals surface area contributed by atoms with Gasteiger partial charge in [0.05, 0.1) is 16.8 Å². The summed E-state index contributed by atoms with van der Waals surface area (Å²) in [6.45, 7) is 4.18. The van der Waals surface area contributed by atoms with Crippen LogP contribution in [-0.4, -0.2) is 14.5 Å². The van der Waals surface area contributed by atoms with E-state index < -0.39 is 5.41 Å². The van der Waals surface area contributed by atoms with E-state index in [1.54, 1.807) is 0 Å². The highest BCUT2D eigenvalue weighted by molar-refractivity contribution is 5.90. The van der Waals surface area contributed by atoms with Crippen molar-refractivity contribution in [2.75, 3.05) is 0 Å². The van der Waals surface area contributed by atoms with E-state index in [-0.39, 0.29) is 0 Å². The van der Waals surface area contributed by atoms with Crippen LogP contribution in [0.4, 0.5) is 0 Å². The molecule has 8 aromatic rings. The van der Waals surface area contributed by atoms with Gasteiger partial charge in [0, 0.05) is 33.5 Å². The molecule has 0 N–H and O–H groups in total. The van der Waals surface area contributed by atoms with E-state index in [1.165, 1.54) is 22.3 Å². The molecule has 0 atom stereocenters. The number of pyridine rings is 1. The third-order valence-electron chi connectivity index (χ3n) is 10.4. The van der Waals surface area contributed by atoms with Crippen LogP contribution < -0.4 is 4.74 Å². The molecule has 0 fully saturated rings. The summed E-state index contributed by atoms with van der Waals surface area (Å²) in [5.74, 6) is 3.38. The van der Waals surface area contributed by atoms with E-state index in [0.717, 1.165) is 73.6 Å². The Labute approximate surface area is 297 Å². The second-order valence-electron chi connectivity index (χ2n) is 13.5. The number of ether oxygens (including phenoxy) is 1. The first-order chi connectivity index (χ1) is 25.1. The van der Waals surface area contributed by atoms with Crippen LogP contribution >= 0.6 is 0 Å². The molecule has 3 heterocycles. The Hall–Kier alpha value is -6.52. The second kappa shape index (κ2) is 11.3. The van der Waals surface area contributed by atoms with E-state index >= 15 is 0 Å². The van der Waals surface area contributed by atoms with Crippen LogP contribution in [0.15, 0.2) is 164 Å². The van der Waals surface area contributed by atoms with Crippen molar-refractivity contribution in [1.82, 2.24) is 14.5 Å². The highest BCUT2D eigenvalue weighted by Gasteiger charge is 2.51. The van der Waals surface area contributed by atoms with E-state index in [9.17, 15) is 0 Å². The number of imidazole rings is 1. The molecule has 1 aliphatic carbocycles. The topological polar surface area (TPSA) is 39.9 Å². The van der Waals surface area contributed by atoms with E-state index in [4.69, 9.17) is 14.7 Å². The molecule has 242 valence electrons. The molecule has 0 bridgehead atoms. The minimum Gasteiger partial charge on any atom is -0.457 e. The third kappa shape index (κ3) is 4.33. The van der Waals surface area contributed by atoms with Crippen molar-refractivity contribution in [3.05, 3.63) is 197 Å². The van der Waals surface area contributed by atoms with Crippen molar-refractivity contribution in [1.29, 1.82) is 0 Å². The lowest BCUT2D eigenvalue weighted by Gasteiger charge is -2.39. The van der Waals surface area contributed by atoms with Gasteiger partial charge in [0.2, 0.25) is 0 Å². The van der Waals surface area contributed by atoms with Crippen LogP contribution in [0.3, 0.4) is 0 Å². The predicted molar refractivity (Wildman–Crippen MR) is 205 cm³/mol. The van der Waals surface area contributed by atoms with Crippen molar-refractivity contribution in [3.63, 3.8) is 0 Å². The molecule has 1 spiro atoms. The summed E-state index contributed by atoms with van der Waals surface area (Å²) in [5.41, 5.74) is 13.8. The largest absolute Gasteiger partial charge is 0.457 e. The average molecular weight is 656 g/mol. The number of hydrogen-bond donors (Lipinski definition) is 0. The monoisotopic (exact) mass is 655 g/mol. The molecule has 0 saturated carbocycles. The van der Waals surface area contributed by atoms with Gasteiger partial charge in [-0.2, -0.15) is 0 Å². The summed E-state index contributed by atoms with van der Waals surface area (Å²) >= 11 is 0. The fourth-order valence-electron chi connectivity index (χ4n) is 8.43. The molecule has 4 heteroatoms. The molecule has 1 aliphatic heterocycles. The number of para-hydroxylation sites is 1. The molecular formula is C47H33N3O. The SMILES string of the molecule is Cc1cc(C)nc(-n2c(-c3ccc4c(c3)C3(c5ccccc5O4)c4ccccc4-c4ccccc43)nc(-c3ccccc3)c2-c2ccccc2)c1. The summed E-state index contributed by atoms with van der Waals surface area (Å²) in [4.78, 5) is 10.7. The Morgan fingerprint density at radius 3 is 1.76 bits per heavy atom. The van der Waals surface area contributed by atoms with Crippen LogP contribution in [0.25, 0.3) is 50.8 Å². The zero-order valence-electron chi connectivity index (χ0n) is 28.3. The Bertz CT molecular complexity index is 2570. The van der Waals surface area contributed by atoms with E-state index in [1.807, 2.05) is 6.07 Å². The summed E-state index contributed by atoms with van der Waals surface area (Å²) in [5, 5.41) is 0. The number of aryl methyl sites for hydroxylation is 2. The van der Waals surface area contributed by atoms with Gasteiger partial charge in [-0.15, -0.1) is 0 Å². The minimum atomic E-state index is -0.576. The molecule has 0 saturated heterocycles. The van der Waals surface area contributed by atoms with Gasteiger partial charge in [0.1, 0.15) is 23.1 Å². The first-order valence-corrected chi connectivity index (χ1v) is 17.4. The number of nitrogens with zero attached hydrogens (tertiary/aromatic N) is 3. The van der Waals surface area contributed by atoms with Crippen molar-refractivity contribution in [3.8, 4) is 62.3 Å². The van der Waals surface area contributed by atoms with E-state index in [2.05, 4.69) is 176 Å². The fraction of sp³-hybridized carbons (Fsp3) is 0.0638. The van der Waals surface area contributed by atoms with Gasteiger partial charge in [-0.05, 0) is 78.1 Å². The Morgan fingerprint density at radius 2 is 1.08 bits per heavy atom. The molecule has 2 aliphatic rings. The Balaban J connectivity index is 1.31. The van der Waals surface area contributed by atoms with Crippen molar-refractivity contribution in [2.45, 2.75) is 19.3 Å². The molecular weight excluding hydrogens is 623 g/mol. The number of rotatable bonds is 4. The molecule has 51 heavy (non-hydrogen) atoms. The maximum Gasteiger partial charge on any atom is 0.146 e. The van der Waals surface area contributed by atoms with Crippen LogP contribution in [0.5, 0.6) is 11.5 Å². The van der Waals surface area contributed by atoms with Gasteiger partial charge in [-0.1, -0.05) is 127 Å². The summed E-state index contributed by atoms with van der Waals surface area (Å²) in [6.07, 6.45) is 0. The predicted octanol–water partition coefficient (Wildman–Crippen LogP) is 11.4.